The van der Waals surface area contributed by atoms with E-state index in [1.807, 2.05) is 74.5 Å². The highest BCUT2D eigenvalue weighted by molar-refractivity contribution is 7.97. The SMILES string of the molecule is C.CC12C(=O)C(C)(C(c3ccccc3)=C1c1ccccc1)C(S(=O)(=O)c1nc3ccccc3s1)C2S(=O)(=O)c1ccccc1.CC12C(=O)C(C)(C3=C1C1CC4CC(C1)CC3C4)C(S(=O)(=O)c1ccccc1)C2S(C)(=O)=O.CC12C(=O)C(C)(C3=C1C1CC4CC(C1)CC3C4)C1C2C(=O)CCS1(=O)=O. The van der Waals surface area contributed by atoms with Gasteiger partial charge in [-0.15, -0.1) is 11.3 Å². The lowest BCUT2D eigenvalue weighted by Gasteiger charge is -2.44. The van der Waals surface area contributed by atoms with Gasteiger partial charge < -0.3 is 0 Å². The number of allylic oxidation sites excluding steroid dienone is 6. The molecule has 14 bridgehead atoms. The zero-order valence-electron chi connectivity index (χ0n) is 57.5. The van der Waals surface area contributed by atoms with E-state index in [2.05, 4.69) is 4.98 Å². The Hall–Kier alpha value is -6.36. The molecule has 5 aromatic carbocycles. The van der Waals surface area contributed by atoms with Crippen LogP contribution in [0, 0.1) is 85.8 Å². The number of carbonyl (C=O) groups excluding carboxylic acids is 4. The number of carbonyl (C=O) groups is 4. The fraction of sp³-hybridized carbons (Fsp3) is 0.494. The van der Waals surface area contributed by atoms with Crippen molar-refractivity contribution in [3.63, 3.8) is 0 Å². The molecule has 14 aliphatic carbocycles. The van der Waals surface area contributed by atoms with Gasteiger partial charge in [-0.25, -0.2) is 47.1 Å². The summed E-state index contributed by atoms with van der Waals surface area (Å²) in [5.41, 5.74) is -0.275. The third kappa shape index (κ3) is 9.01. The van der Waals surface area contributed by atoms with Gasteiger partial charge in [0.15, 0.2) is 56.7 Å². The Morgan fingerprint density at radius 2 is 0.755 bits per heavy atom. The molecule has 7 saturated carbocycles. The Morgan fingerprint density at radius 3 is 1.18 bits per heavy atom. The van der Waals surface area contributed by atoms with E-state index in [9.17, 15) is 61.3 Å². The number of hydrogen-bond donors (Lipinski definition) is 0. The van der Waals surface area contributed by atoms with Crippen LogP contribution in [-0.4, -0.2) is 108 Å². The Balaban J connectivity index is 0.000000122. The fourth-order valence-corrected chi connectivity index (χ4v) is 39.5. The summed E-state index contributed by atoms with van der Waals surface area (Å²) < 4.78 is 141. The molecule has 16 atom stereocenters. The van der Waals surface area contributed by atoms with Gasteiger partial charge in [0.2, 0.25) is 14.2 Å². The molecule has 1 aliphatic heterocycles. The maximum absolute atomic E-state index is 14.9. The van der Waals surface area contributed by atoms with Gasteiger partial charge >= 0.3 is 0 Å². The Morgan fingerprint density at radius 1 is 0.412 bits per heavy atom. The fourth-order valence-electron chi connectivity index (χ4n) is 25.1. The number of ketones is 4. The molecule has 536 valence electrons. The van der Waals surface area contributed by atoms with Crippen LogP contribution < -0.4 is 0 Å². The van der Waals surface area contributed by atoms with Crippen LogP contribution in [0.3, 0.4) is 0 Å². The lowest BCUT2D eigenvalue weighted by Crippen LogP contribution is -2.53. The highest BCUT2D eigenvalue weighted by atomic mass is 32.2. The van der Waals surface area contributed by atoms with Crippen LogP contribution in [0.2, 0.25) is 0 Å². The number of nitrogens with zero attached hydrogens (tertiary/aromatic N) is 1. The Labute approximate surface area is 603 Å². The van der Waals surface area contributed by atoms with Gasteiger partial charge in [0.05, 0.1) is 79.9 Å². The molecule has 21 rings (SSSR count). The molecule has 8 fully saturated rings. The maximum atomic E-state index is 14.9. The molecule has 15 aliphatic rings. The van der Waals surface area contributed by atoms with Crippen molar-refractivity contribution in [2.24, 2.45) is 85.8 Å². The second-order valence-corrected chi connectivity index (χ2v) is 45.0. The summed E-state index contributed by atoms with van der Waals surface area (Å²) in [5.74, 6) is 2.58. The van der Waals surface area contributed by atoms with Crippen molar-refractivity contribution in [1.82, 2.24) is 4.98 Å². The number of sulfone groups is 5. The van der Waals surface area contributed by atoms with Gasteiger partial charge in [-0.1, -0.05) is 139 Å². The number of fused-ring (bicyclic) bond motifs is 10. The first kappa shape index (κ1) is 70.0. The van der Waals surface area contributed by atoms with Crippen molar-refractivity contribution in [1.29, 1.82) is 0 Å². The molecular weight excluding hydrogens is 1400 g/mol. The van der Waals surface area contributed by atoms with Crippen LogP contribution in [-0.2, 0) is 68.4 Å². The quantitative estimate of drug-likeness (QED) is 0.122. The number of hydrogen-bond acceptors (Lipinski definition) is 16. The van der Waals surface area contributed by atoms with Crippen molar-refractivity contribution >= 4 is 105 Å². The molecule has 21 heteroatoms. The largest absolute Gasteiger partial charge is 0.299 e. The summed E-state index contributed by atoms with van der Waals surface area (Å²) in [7, 11) is -20.2. The van der Waals surface area contributed by atoms with E-state index in [1.54, 1.807) is 88.4 Å². The first-order chi connectivity index (χ1) is 47.6. The molecule has 102 heavy (non-hydrogen) atoms. The zero-order chi connectivity index (χ0) is 71.3. The van der Waals surface area contributed by atoms with Crippen molar-refractivity contribution in [2.75, 3.05) is 12.0 Å². The number of aromatic nitrogens is 1. The molecule has 15 nitrogen and oxygen atoms in total. The molecule has 1 aromatic heterocycles. The topological polar surface area (TPSA) is 252 Å². The minimum Gasteiger partial charge on any atom is -0.299 e. The second-order valence-electron chi connectivity index (χ2n) is 33.1. The van der Waals surface area contributed by atoms with Crippen molar-refractivity contribution < 1.29 is 61.3 Å². The maximum Gasteiger partial charge on any atom is 0.210 e. The van der Waals surface area contributed by atoms with Gasteiger partial charge in [-0.3, -0.25) is 19.2 Å². The van der Waals surface area contributed by atoms with E-state index < -0.39 is 120 Å². The number of rotatable bonds is 9. The van der Waals surface area contributed by atoms with Crippen LogP contribution in [0.15, 0.2) is 182 Å². The average molecular weight is 1490 g/mol. The predicted molar refractivity (Wildman–Crippen MR) is 393 cm³/mol. The lowest BCUT2D eigenvalue weighted by atomic mass is 9.62. The second kappa shape index (κ2) is 22.8. The molecule has 6 aromatic rings. The number of para-hydroxylation sites is 1. The zero-order valence-corrected chi connectivity index (χ0v) is 62.4. The van der Waals surface area contributed by atoms with E-state index in [1.165, 1.54) is 48.3 Å². The van der Waals surface area contributed by atoms with E-state index in [0.717, 1.165) is 91.9 Å². The molecule has 0 N–H and O–H groups in total. The first-order valence-electron chi connectivity index (χ1n) is 35.7. The minimum atomic E-state index is -4.47. The van der Waals surface area contributed by atoms with Gasteiger partial charge in [0, 0.05) is 12.7 Å². The lowest BCUT2D eigenvalue weighted by molar-refractivity contribution is -0.133. The van der Waals surface area contributed by atoms with Crippen LogP contribution in [0.1, 0.15) is 131 Å². The normalized spacial score (nSPS) is 39.0. The standard InChI is InChI=1S/C34H27NO5S3.C25H30O5S2.C21H26O4S.CH4/c1-33-27(22-14-6-3-7-15-22)28(23-16-8-4-9-17-23)34(2,31(33)36)30(29(33)42(37,38)24-18-10-5-11-19-24)43(39,40)32-35-25-20-12-13-21-26(25)41-32;1-24-19-16-10-14-9-15(11-16)13-17(12-14)20(19)25(2,23(24)26)22(21(24)31(3,27)28)32(29,30)18-7-5-4-6-8-18;1-20-15-12-6-10-5-11(7-12)9-13(8-10)16(15)21(2,19(20)23)18-17(20)14(22)3-4-26(18,24)25;/h3-21,29-30H,1-2H3;4-8,14-17,21-22H,9-13H2,1-3H3;10-13,17-18H,3-9H2,1-2H3;1H4. The van der Waals surface area contributed by atoms with Gasteiger partial charge in [0.1, 0.15) is 16.3 Å². The summed E-state index contributed by atoms with van der Waals surface area (Å²) in [6.45, 7) is 10.6. The van der Waals surface area contributed by atoms with Crippen LogP contribution in [0.25, 0.3) is 21.4 Å². The number of thiazole rings is 1. The highest BCUT2D eigenvalue weighted by Gasteiger charge is 2.82. The average Bonchev–Trinajstić information content (AvgIpc) is 1.49. The summed E-state index contributed by atoms with van der Waals surface area (Å²) in [5, 5.41) is -6.54. The van der Waals surface area contributed by atoms with Crippen molar-refractivity contribution in [3.05, 3.63) is 179 Å². The van der Waals surface area contributed by atoms with Crippen molar-refractivity contribution in [2.45, 2.75) is 160 Å². The molecule has 0 amide bonds. The van der Waals surface area contributed by atoms with Crippen LogP contribution in [0.4, 0.5) is 0 Å². The molecule has 2 heterocycles. The van der Waals surface area contributed by atoms with Crippen molar-refractivity contribution in [3.8, 4) is 0 Å². The summed E-state index contributed by atoms with van der Waals surface area (Å²) in [6, 6.07) is 41.4. The van der Waals surface area contributed by atoms with E-state index >= 15 is 0 Å². The van der Waals surface area contributed by atoms with Crippen LogP contribution >= 0.6 is 11.3 Å². The smallest absolute Gasteiger partial charge is 0.210 e. The van der Waals surface area contributed by atoms with Gasteiger partial charge in [0.25, 0.3) is 0 Å². The Kier molecular flexibility index (Phi) is 15.7. The highest BCUT2D eigenvalue weighted by Crippen LogP contribution is 2.76. The molecule has 1 saturated heterocycles. The van der Waals surface area contributed by atoms with Gasteiger partial charge in [-0.2, -0.15) is 0 Å². The Bertz CT molecular complexity index is 5300. The van der Waals surface area contributed by atoms with E-state index in [4.69, 9.17) is 0 Å². The molecule has 0 radical (unpaired) electrons. The summed E-state index contributed by atoms with van der Waals surface area (Å²) in [4.78, 5) is 60.4. The van der Waals surface area contributed by atoms with E-state index in [0.29, 0.717) is 56.2 Å². The number of Topliss-reactive ketones (excluding diaryl/α,β-unsaturated/α-hetero) is 4. The number of benzene rings is 5. The molecule has 0 spiro atoms. The third-order valence-electron chi connectivity index (χ3n) is 27.8. The minimum absolute atomic E-state index is 0. The summed E-state index contributed by atoms with van der Waals surface area (Å²) in [6.07, 6.45) is 12.3. The molecule has 16 unspecified atom stereocenters. The molecular formula is C81H87NO14S6. The first-order valence-corrected chi connectivity index (χ1v) is 44.9. The predicted octanol–water partition coefficient (Wildman–Crippen LogP) is 13.5. The monoisotopic (exact) mass is 1490 g/mol. The van der Waals surface area contributed by atoms with Crippen LogP contribution in [0.5, 0.6) is 0 Å². The summed E-state index contributed by atoms with van der Waals surface area (Å²) >= 11 is 0.999. The van der Waals surface area contributed by atoms with Gasteiger partial charge in [-0.05, 0) is 212 Å². The van der Waals surface area contributed by atoms with E-state index in [-0.39, 0.29) is 62.9 Å². The third-order valence-corrected chi connectivity index (χ3v) is 40.5.